The van der Waals surface area contributed by atoms with Gasteiger partial charge in [-0.1, -0.05) is 36.7 Å². The second-order valence-electron chi connectivity index (χ2n) is 8.23. The first kappa shape index (κ1) is 20.4. The molecule has 1 aliphatic carbocycles. The molecule has 1 aliphatic heterocycles. The average molecular weight is 412 g/mol. The SMILES string of the molecule is CCCc1cc(CNC(=O)C2CCC(NC(=O)C3Cc4ccccc4O3)CC2)on1. The smallest absolute Gasteiger partial charge is 0.261 e. The van der Waals surface area contributed by atoms with Gasteiger partial charge in [0.2, 0.25) is 5.91 Å². The van der Waals surface area contributed by atoms with E-state index in [2.05, 4.69) is 22.7 Å². The molecule has 7 nitrogen and oxygen atoms in total. The van der Waals surface area contributed by atoms with Crippen molar-refractivity contribution in [3.8, 4) is 5.75 Å². The highest BCUT2D eigenvalue weighted by atomic mass is 16.5. The van der Waals surface area contributed by atoms with Gasteiger partial charge in [0.1, 0.15) is 5.75 Å². The summed E-state index contributed by atoms with van der Waals surface area (Å²) in [6.45, 7) is 2.46. The lowest BCUT2D eigenvalue weighted by atomic mass is 9.85. The minimum absolute atomic E-state index is 0.0248. The number of rotatable bonds is 7. The van der Waals surface area contributed by atoms with Crippen molar-refractivity contribution in [1.82, 2.24) is 15.8 Å². The van der Waals surface area contributed by atoms with Crippen LogP contribution < -0.4 is 15.4 Å². The number of benzene rings is 1. The molecule has 2 aromatic rings. The highest BCUT2D eigenvalue weighted by Gasteiger charge is 2.32. The molecule has 1 unspecified atom stereocenters. The number of nitrogens with zero attached hydrogens (tertiary/aromatic N) is 1. The fourth-order valence-electron chi connectivity index (χ4n) is 4.25. The molecule has 0 radical (unpaired) electrons. The van der Waals surface area contributed by atoms with Crippen LogP contribution in [-0.2, 0) is 29.0 Å². The van der Waals surface area contributed by atoms with Crippen molar-refractivity contribution in [2.45, 2.75) is 70.6 Å². The van der Waals surface area contributed by atoms with E-state index in [9.17, 15) is 9.59 Å². The van der Waals surface area contributed by atoms with E-state index in [0.717, 1.165) is 55.5 Å². The first-order chi connectivity index (χ1) is 14.6. The zero-order valence-electron chi connectivity index (χ0n) is 17.4. The molecule has 2 heterocycles. The van der Waals surface area contributed by atoms with E-state index in [-0.39, 0.29) is 23.8 Å². The van der Waals surface area contributed by atoms with E-state index in [0.29, 0.717) is 18.7 Å². The summed E-state index contributed by atoms with van der Waals surface area (Å²) in [4.78, 5) is 25.1. The predicted octanol–water partition coefficient (Wildman–Crippen LogP) is 2.92. The van der Waals surface area contributed by atoms with Crippen LogP contribution in [0.1, 0.15) is 56.0 Å². The summed E-state index contributed by atoms with van der Waals surface area (Å²) in [6.07, 6.45) is 5.17. The summed E-state index contributed by atoms with van der Waals surface area (Å²) >= 11 is 0. The molecular weight excluding hydrogens is 382 g/mol. The van der Waals surface area contributed by atoms with Crippen molar-refractivity contribution < 1.29 is 18.8 Å². The molecule has 1 atom stereocenters. The summed E-state index contributed by atoms with van der Waals surface area (Å²) in [5.41, 5.74) is 2.00. The molecule has 0 bridgehead atoms. The van der Waals surface area contributed by atoms with E-state index in [1.165, 1.54) is 0 Å². The van der Waals surface area contributed by atoms with Gasteiger partial charge in [-0.2, -0.15) is 0 Å². The zero-order chi connectivity index (χ0) is 20.9. The summed E-state index contributed by atoms with van der Waals surface area (Å²) in [6, 6.07) is 9.77. The Hall–Kier alpha value is -2.83. The quantitative estimate of drug-likeness (QED) is 0.731. The molecule has 2 amide bonds. The number of carbonyl (C=O) groups excluding carboxylic acids is 2. The Morgan fingerprint density at radius 2 is 1.93 bits per heavy atom. The highest BCUT2D eigenvalue weighted by molar-refractivity contribution is 5.83. The average Bonchev–Trinajstić information content (AvgIpc) is 3.39. The maximum Gasteiger partial charge on any atom is 0.261 e. The number of para-hydroxylation sites is 1. The summed E-state index contributed by atoms with van der Waals surface area (Å²) in [5.74, 6) is 1.44. The Labute approximate surface area is 176 Å². The maximum absolute atomic E-state index is 12.6. The van der Waals surface area contributed by atoms with Gasteiger partial charge < -0.3 is 19.9 Å². The molecular formula is C23H29N3O4. The fraction of sp³-hybridized carbons (Fsp3) is 0.522. The van der Waals surface area contributed by atoms with Crippen LogP contribution in [0.25, 0.3) is 0 Å². The molecule has 1 fully saturated rings. The molecule has 2 N–H and O–H groups in total. The van der Waals surface area contributed by atoms with Crippen LogP contribution >= 0.6 is 0 Å². The van der Waals surface area contributed by atoms with Gasteiger partial charge in [0.05, 0.1) is 12.2 Å². The summed E-state index contributed by atoms with van der Waals surface area (Å²) in [7, 11) is 0. The Bertz CT molecular complexity index is 861. The third kappa shape index (κ3) is 4.83. The predicted molar refractivity (Wildman–Crippen MR) is 111 cm³/mol. The van der Waals surface area contributed by atoms with E-state index >= 15 is 0 Å². The molecule has 1 aromatic heterocycles. The number of aromatic nitrogens is 1. The van der Waals surface area contributed by atoms with Crippen molar-refractivity contribution in [1.29, 1.82) is 0 Å². The van der Waals surface area contributed by atoms with E-state index < -0.39 is 6.10 Å². The van der Waals surface area contributed by atoms with Crippen LogP contribution in [0.15, 0.2) is 34.9 Å². The van der Waals surface area contributed by atoms with Crippen molar-refractivity contribution in [2.75, 3.05) is 0 Å². The van der Waals surface area contributed by atoms with Crippen LogP contribution in [0.2, 0.25) is 0 Å². The van der Waals surface area contributed by atoms with Gasteiger partial charge >= 0.3 is 0 Å². The monoisotopic (exact) mass is 411 g/mol. The summed E-state index contributed by atoms with van der Waals surface area (Å²) in [5, 5.41) is 10.1. The third-order valence-corrected chi connectivity index (χ3v) is 5.93. The normalized spacial score (nSPS) is 22.8. The van der Waals surface area contributed by atoms with E-state index in [1.54, 1.807) is 0 Å². The molecule has 7 heteroatoms. The number of nitrogens with one attached hydrogen (secondary N) is 2. The molecule has 160 valence electrons. The van der Waals surface area contributed by atoms with Gasteiger partial charge in [0.25, 0.3) is 5.91 Å². The van der Waals surface area contributed by atoms with Gasteiger partial charge in [-0.15, -0.1) is 0 Å². The third-order valence-electron chi connectivity index (χ3n) is 5.93. The number of hydrogen-bond acceptors (Lipinski definition) is 5. The fourth-order valence-corrected chi connectivity index (χ4v) is 4.25. The second kappa shape index (κ2) is 9.32. The van der Waals surface area contributed by atoms with Gasteiger partial charge in [0.15, 0.2) is 11.9 Å². The Morgan fingerprint density at radius 3 is 2.70 bits per heavy atom. The number of aryl methyl sites for hydroxylation is 1. The number of hydrogen-bond donors (Lipinski definition) is 2. The lowest BCUT2D eigenvalue weighted by Gasteiger charge is -2.29. The van der Waals surface area contributed by atoms with Gasteiger partial charge in [0, 0.05) is 24.4 Å². The molecule has 0 spiro atoms. The van der Waals surface area contributed by atoms with E-state index in [1.807, 2.05) is 30.3 Å². The molecule has 1 aromatic carbocycles. The lowest BCUT2D eigenvalue weighted by molar-refractivity contribution is -0.128. The number of amides is 2. The van der Waals surface area contributed by atoms with Gasteiger partial charge in [-0.25, -0.2) is 0 Å². The standard InChI is InChI=1S/C23H29N3O4/c1-2-5-18-13-19(30-26-18)14-24-22(27)15-8-10-17(11-9-15)25-23(28)21-12-16-6-3-4-7-20(16)29-21/h3-4,6-7,13,15,17,21H,2,5,8-12,14H2,1H3,(H,24,27)(H,25,28). The molecule has 4 rings (SSSR count). The van der Waals surface area contributed by atoms with Crippen molar-refractivity contribution in [3.63, 3.8) is 0 Å². The van der Waals surface area contributed by atoms with E-state index in [4.69, 9.17) is 9.26 Å². The van der Waals surface area contributed by atoms with Crippen LogP contribution in [0.4, 0.5) is 0 Å². The number of carbonyl (C=O) groups is 2. The minimum Gasteiger partial charge on any atom is -0.480 e. The van der Waals surface area contributed by atoms with Crippen LogP contribution in [-0.4, -0.2) is 29.1 Å². The Balaban J connectivity index is 1.18. The largest absolute Gasteiger partial charge is 0.480 e. The first-order valence-corrected chi connectivity index (χ1v) is 10.9. The second-order valence-corrected chi connectivity index (χ2v) is 8.23. The minimum atomic E-state index is -0.456. The van der Waals surface area contributed by atoms with Gasteiger partial charge in [-0.3, -0.25) is 9.59 Å². The van der Waals surface area contributed by atoms with Crippen LogP contribution in [0.5, 0.6) is 5.75 Å². The Kier molecular flexibility index (Phi) is 6.35. The molecule has 0 saturated heterocycles. The molecule has 1 saturated carbocycles. The highest BCUT2D eigenvalue weighted by Crippen LogP contribution is 2.29. The van der Waals surface area contributed by atoms with Crippen LogP contribution in [0.3, 0.4) is 0 Å². The van der Waals surface area contributed by atoms with Crippen molar-refractivity contribution in [2.24, 2.45) is 5.92 Å². The van der Waals surface area contributed by atoms with Gasteiger partial charge in [-0.05, 0) is 43.7 Å². The van der Waals surface area contributed by atoms with Crippen molar-refractivity contribution in [3.05, 3.63) is 47.3 Å². The number of ether oxygens (including phenoxy) is 1. The Morgan fingerprint density at radius 1 is 1.13 bits per heavy atom. The summed E-state index contributed by atoms with van der Waals surface area (Å²) < 4.78 is 11.0. The number of fused-ring (bicyclic) bond motifs is 1. The molecule has 2 aliphatic rings. The first-order valence-electron chi connectivity index (χ1n) is 10.9. The maximum atomic E-state index is 12.6. The molecule has 30 heavy (non-hydrogen) atoms. The van der Waals surface area contributed by atoms with Crippen molar-refractivity contribution >= 4 is 11.8 Å². The lowest BCUT2D eigenvalue weighted by Crippen LogP contribution is -2.45. The van der Waals surface area contributed by atoms with Crippen LogP contribution in [0, 0.1) is 5.92 Å². The zero-order valence-corrected chi connectivity index (χ0v) is 17.4. The topological polar surface area (TPSA) is 93.5 Å².